The number of anilines is 2. The van der Waals surface area contributed by atoms with Gasteiger partial charge in [0.2, 0.25) is 23.6 Å². The first-order chi connectivity index (χ1) is 28.9. The summed E-state index contributed by atoms with van der Waals surface area (Å²) in [5.41, 5.74) is 4.31. The van der Waals surface area contributed by atoms with Crippen LogP contribution in [0.1, 0.15) is 83.3 Å². The van der Waals surface area contributed by atoms with E-state index in [1.807, 2.05) is 29.5 Å². The lowest BCUT2D eigenvalue weighted by Crippen LogP contribution is -2.44. The number of hydrogen-bond donors (Lipinski definition) is 4. The van der Waals surface area contributed by atoms with Gasteiger partial charge in [-0.3, -0.25) is 34.8 Å². The van der Waals surface area contributed by atoms with Gasteiger partial charge in [-0.1, -0.05) is 6.92 Å². The number of rotatable bonds is 7. The van der Waals surface area contributed by atoms with Gasteiger partial charge < -0.3 is 24.8 Å². The molecule has 4 N–H and O–H groups in total. The van der Waals surface area contributed by atoms with Crippen molar-refractivity contribution in [1.29, 1.82) is 0 Å². The summed E-state index contributed by atoms with van der Waals surface area (Å²) < 4.78 is 40.1. The Kier molecular flexibility index (Phi) is 11.6. The van der Waals surface area contributed by atoms with Gasteiger partial charge in [-0.2, -0.15) is 5.10 Å². The molecule has 0 saturated carbocycles. The van der Waals surface area contributed by atoms with E-state index >= 15 is 8.78 Å². The zero-order valence-corrected chi connectivity index (χ0v) is 33.8. The molecule has 0 spiro atoms. The van der Waals surface area contributed by atoms with Gasteiger partial charge in [0.05, 0.1) is 41.0 Å². The van der Waals surface area contributed by atoms with E-state index in [2.05, 4.69) is 38.3 Å². The number of fused-ring (bicyclic) bond motifs is 7. The molecular formula is C43H48F2N10O5. The number of carbonyl (C=O) groups excluding carboxylic acids is 4. The van der Waals surface area contributed by atoms with Gasteiger partial charge in [0.1, 0.15) is 11.6 Å². The molecule has 6 heterocycles. The summed E-state index contributed by atoms with van der Waals surface area (Å²) in [5.74, 6) is -3.17. The normalized spacial score (nSPS) is 19.1. The number of hydrogen-bond acceptors (Lipinski definition) is 10. The van der Waals surface area contributed by atoms with Crippen molar-refractivity contribution in [2.45, 2.75) is 70.9 Å². The number of aryl methyl sites for hydroxylation is 2. The van der Waals surface area contributed by atoms with Crippen molar-refractivity contribution >= 4 is 46.3 Å². The zero-order chi connectivity index (χ0) is 42.1. The number of aromatic nitrogens is 5. The van der Waals surface area contributed by atoms with Gasteiger partial charge in [0, 0.05) is 80.3 Å². The van der Waals surface area contributed by atoms with E-state index in [1.165, 1.54) is 12.1 Å². The number of nitrogens with zero attached hydrogens (tertiary/aromatic N) is 6. The van der Waals surface area contributed by atoms with E-state index in [4.69, 9.17) is 9.72 Å². The van der Waals surface area contributed by atoms with Crippen LogP contribution in [0.5, 0.6) is 5.88 Å². The van der Waals surface area contributed by atoms with Crippen LogP contribution >= 0.6 is 0 Å². The largest absolute Gasteiger partial charge is 0.477 e. The van der Waals surface area contributed by atoms with Crippen LogP contribution in [0.25, 0.3) is 22.3 Å². The number of ether oxygens (including phenoxy) is 1. The second-order valence-corrected chi connectivity index (χ2v) is 16.0. The van der Waals surface area contributed by atoms with Crippen molar-refractivity contribution in [2.24, 2.45) is 13.0 Å². The number of pyridine rings is 1. The summed E-state index contributed by atoms with van der Waals surface area (Å²) in [6.07, 6.45) is 4.88. The van der Waals surface area contributed by atoms with E-state index in [-0.39, 0.29) is 42.2 Å². The maximum atomic E-state index is 15.2. The van der Waals surface area contributed by atoms with E-state index < -0.39 is 29.4 Å². The second-order valence-electron chi connectivity index (χ2n) is 16.0. The first-order valence-electron chi connectivity index (χ1n) is 20.5. The monoisotopic (exact) mass is 822 g/mol. The molecule has 3 aliphatic rings. The average molecular weight is 823 g/mol. The number of carbonyl (C=O) groups is 4. The number of amides is 4. The quantitative estimate of drug-likeness (QED) is 0.129. The Morgan fingerprint density at radius 3 is 2.52 bits per heavy atom. The number of imidazole rings is 1. The topological polar surface area (TPSA) is 177 Å². The summed E-state index contributed by atoms with van der Waals surface area (Å²) in [4.78, 5) is 62.3. The molecule has 15 nitrogen and oxygen atoms in total. The Morgan fingerprint density at radius 1 is 0.967 bits per heavy atom. The number of nitrogens with one attached hydrogen (secondary N) is 4. The Hall–Kier alpha value is -6.23. The maximum Gasteiger partial charge on any atom is 0.258 e. The van der Waals surface area contributed by atoms with Crippen LogP contribution in [0.2, 0.25) is 0 Å². The summed E-state index contributed by atoms with van der Waals surface area (Å²) in [5, 5.41) is 16.1. The Labute approximate surface area is 345 Å². The molecule has 2 fully saturated rings. The predicted molar refractivity (Wildman–Crippen MR) is 220 cm³/mol. The fraction of sp³-hybridized carbons (Fsp3) is 0.419. The van der Waals surface area contributed by atoms with Gasteiger partial charge in [-0.15, -0.1) is 0 Å². The minimum Gasteiger partial charge on any atom is -0.477 e. The first kappa shape index (κ1) is 40.5. The molecular weight excluding hydrogens is 775 g/mol. The fourth-order valence-corrected chi connectivity index (χ4v) is 8.38. The molecule has 3 aromatic heterocycles. The molecule has 0 radical (unpaired) electrons. The predicted octanol–water partition coefficient (Wildman–Crippen LogP) is 4.99. The van der Waals surface area contributed by atoms with Crippen molar-refractivity contribution < 1.29 is 32.7 Å². The average Bonchev–Trinajstić information content (AvgIpc) is 3.76. The van der Waals surface area contributed by atoms with Crippen LogP contribution in [0, 0.1) is 24.5 Å². The minimum absolute atomic E-state index is 0.0350. The molecule has 2 aromatic carbocycles. The van der Waals surface area contributed by atoms with Gasteiger partial charge in [0.25, 0.3) is 11.8 Å². The molecule has 17 heteroatoms. The van der Waals surface area contributed by atoms with Crippen molar-refractivity contribution in [1.82, 2.24) is 40.3 Å². The summed E-state index contributed by atoms with van der Waals surface area (Å²) in [6.45, 7) is 7.04. The molecule has 0 unspecified atom stereocenters. The van der Waals surface area contributed by atoms with Gasteiger partial charge in [-0.05, 0) is 87.4 Å². The second kappa shape index (κ2) is 17.2. The summed E-state index contributed by atoms with van der Waals surface area (Å²) >= 11 is 0. The van der Waals surface area contributed by atoms with Gasteiger partial charge in [0.15, 0.2) is 0 Å². The van der Waals surface area contributed by atoms with Crippen LogP contribution in [0.15, 0.2) is 48.7 Å². The van der Waals surface area contributed by atoms with E-state index in [9.17, 15) is 19.2 Å². The third-order valence-electron chi connectivity index (χ3n) is 11.5. The molecule has 3 aliphatic heterocycles. The molecule has 4 amide bonds. The highest BCUT2D eigenvalue weighted by Crippen LogP contribution is 2.34. The van der Waals surface area contributed by atoms with Crippen LogP contribution in [0.4, 0.5) is 20.4 Å². The Bertz CT molecular complexity index is 2450. The minimum atomic E-state index is -1.04. The fourth-order valence-electron chi connectivity index (χ4n) is 8.38. The summed E-state index contributed by atoms with van der Waals surface area (Å²) in [6, 6.07) is 11.4. The van der Waals surface area contributed by atoms with Crippen LogP contribution in [-0.4, -0.2) is 86.8 Å². The number of imide groups is 1. The molecule has 314 valence electrons. The molecule has 60 heavy (non-hydrogen) atoms. The van der Waals surface area contributed by atoms with Gasteiger partial charge in [-0.25, -0.2) is 18.4 Å². The maximum absolute atomic E-state index is 15.2. The highest BCUT2D eigenvalue weighted by Gasteiger charge is 2.33. The Balaban J connectivity index is 0.888. The molecule has 8 rings (SSSR count). The Morgan fingerprint density at radius 2 is 1.75 bits per heavy atom. The summed E-state index contributed by atoms with van der Waals surface area (Å²) in [7, 11) is 1.81. The molecule has 2 bridgehead atoms. The van der Waals surface area contributed by atoms with Crippen LogP contribution in [-0.2, 0) is 23.2 Å². The lowest BCUT2D eigenvalue weighted by molar-refractivity contribution is -0.134. The molecule has 2 saturated heterocycles. The third-order valence-corrected chi connectivity index (χ3v) is 11.5. The zero-order valence-electron chi connectivity index (χ0n) is 33.8. The third kappa shape index (κ3) is 8.57. The lowest BCUT2D eigenvalue weighted by Gasteiger charge is -2.34. The number of piperidine rings is 2. The van der Waals surface area contributed by atoms with Crippen molar-refractivity contribution in [3.63, 3.8) is 0 Å². The highest BCUT2D eigenvalue weighted by molar-refractivity contribution is 6.05. The highest BCUT2D eigenvalue weighted by atomic mass is 19.1. The molecule has 2 atom stereocenters. The lowest BCUT2D eigenvalue weighted by atomic mass is 9.89. The van der Waals surface area contributed by atoms with Gasteiger partial charge >= 0.3 is 0 Å². The molecule has 0 aliphatic carbocycles. The van der Waals surface area contributed by atoms with E-state index in [0.29, 0.717) is 90.4 Å². The number of halogens is 2. The van der Waals surface area contributed by atoms with Crippen molar-refractivity contribution in [2.75, 3.05) is 43.0 Å². The first-order valence-corrected chi connectivity index (χ1v) is 20.5. The van der Waals surface area contributed by atoms with E-state index in [0.717, 1.165) is 31.2 Å². The van der Waals surface area contributed by atoms with Crippen molar-refractivity contribution in [3.05, 3.63) is 82.7 Å². The van der Waals surface area contributed by atoms with Crippen LogP contribution in [0.3, 0.4) is 0 Å². The molecule has 5 aromatic rings. The van der Waals surface area contributed by atoms with Crippen LogP contribution < -0.4 is 30.9 Å². The SMILES string of the molecule is Cc1cc2cc(n1)-c1cnn(C)c1OCCC[C@@H](C)Cn1c(nc3ccc(C(=O)NCCNC4CCN(c5cc(F)c([C@H]6CCC(=O)NC6=O)c(F)c5)CC4)cc31)NC2=O. The van der Waals surface area contributed by atoms with E-state index in [1.54, 1.807) is 35.1 Å². The van der Waals surface area contributed by atoms with Crippen molar-refractivity contribution in [3.8, 4) is 17.1 Å². The number of benzene rings is 2. The standard InChI is InChI=1S/C43H48F2N10O5/c1-24-5-4-16-60-42-31(22-48-53(42)3)35-18-27(17-25(2)49-35)40(58)52-43-50-34-8-6-26(19-36(34)55(43)23-24)39(57)47-13-12-46-28-10-14-54(15-11-28)29-20-32(44)38(33(45)21-29)30-7-9-37(56)51-41(30)59/h6,8,17-22,24,28,30,46H,4-5,7,9-16,23H2,1-3H3,(H,47,57)(H,50,52,58)(H,51,56,59)/t24-,30-/m1/s1. The smallest absolute Gasteiger partial charge is 0.258 e.